The van der Waals surface area contributed by atoms with Gasteiger partial charge >= 0.3 is 12.1 Å². The number of hydrogen-bond donors (Lipinski definition) is 1. The van der Waals surface area contributed by atoms with E-state index in [2.05, 4.69) is 15.2 Å². The molecule has 3 heterocycles. The van der Waals surface area contributed by atoms with Crippen molar-refractivity contribution in [1.82, 2.24) is 20.1 Å². The maximum atomic E-state index is 12.7. The number of rotatable bonds is 4. The van der Waals surface area contributed by atoms with Gasteiger partial charge in [-0.2, -0.15) is 18.3 Å². The summed E-state index contributed by atoms with van der Waals surface area (Å²) in [6, 6.07) is 7.88. The molecule has 0 atom stereocenters. The molecule has 1 amide bonds. The Labute approximate surface area is 175 Å². The maximum absolute atomic E-state index is 12.7. The molecule has 3 aromatic rings. The fraction of sp³-hybridized carbons (Fsp3) is 0.364. The topological polar surface area (TPSA) is 79.0 Å². The van der Waals surface area contributed by atoms with Gasteiger partial charge in [-0.1, -0.05) is 12.1 Å². The van der Waals surface area contributed by atoms with Crippen LogP contribution in [0.4, 0.5) is 13.2 Å². The third-order valence-corrected chi connectivity index (χ3v) is 6.36. The molecule has 5 rings (SSSR count). The van der Waals surface area contributed by atoms with E-state index in [-0.39, 0.29) is 36.6 Å². The van der Waals surface area contributed by atoms with E-state index in [9.17, 15) is 22.8 Å². The zero-order valence-electron chi connectivity index (χ0n) is 16.4. The van der Waals surface area contributed by atoms with Crippen LogP contribution in [-0.4, -0.2) is 51.0 Å². The minimum Gasteiger partial charge on any atom is -0.334 e. The number of carbonyl (C=O) groups is 2. The molecule has 1 aliphatic heterocycles. The van der Waals surface area contributed by atoms with Gasteiger partial charge in [0.05, 0.1) is 6.20 Å². The standard InChI is InChI=1S/C22H19F3N4O2/c23-22(24,25)20(31)29-11-21(12-29)6-16(7-21)19(30)5-18-4-15-3-13(17-9-27-28-10-17)1-2-14(15)8-26-18/h1-4,8-10,16H,5-7,11-12H2,(H,27,28). The number of aromatic nitrogens is 3. The fourth-order valence-corrected chi connectivity index (χ4v) is 4.75. The van der Waals surface area contributed by atoms with Gasteiger partial charge < -0.3 is 4.90 Å². The Balaban J connectivity index is 1.21. The number of nitrogens with one attached hydrogen (secondary N) is 1. The first kappa shape index (κ1) is 19.7. The second kappa shape index (κ2) is 6.90. The lowest BCUT2D eigenvalue weighted by atomic mass is 9.56. The van der Waals surface area contributed by atoms with E-state index in [1.54, 1.807) is 12.4 Å². The molecule has 6 nitrogen and oxygen atoms in total. The average molecular weight is 428 g/mol. The zero-order valence-corrected chi connectivity index (χ0v) is 16.4. The van der Waals surface area contributed by atoms with Gasteiger partial charge in [0.1, 0.15) is 5.78 Å². The summed E-state index contributed by atoms with van der Waals surface area (Å²) in [6.45, 7) is 0.167. The Bertz CT molecular complexity index is 1160. The summed E-state index contributed by atoms with van der Waals surface area (Å²) >= 11 is 0. The maximum Gasteiger partial charge on any atom is 0.471 e. The number of benzene rings is 1. The van der Waals surface area contributed by atoms with Gasteiger partial charge in [0.15, 0.2) is 0 Å². The molecule has 0 bridgehead atoms. The van der Waals surface area contributed by atoms with Crippen molar-refractivity contribution in [2.75, 3.05) is 13.1 Å². The van der Waals surface area contributed by atoms with Crippen LogP contribution in [0.3, 0.4) is 0 Å². The van der Waals surface area contributed by atoms with Crippen LogP contribution in [0.2, 0.25) is 0 Å². The number of pyridine rings is 1. The van der Waals surface area contributed by atoms with Crippen LogP contribution in [0, 0.1) is 11.3 Å². The van der Waals surface area contributed by atoms with Crippen LogP contribution in [0.5, 0.6) is 0 Å². The fourth-order valence-electron chi connectivity index (χ4n) is 4.75. The molecule has 1 spiro atoms. The minimum atomic E-state index is -4.83. The normalized spacial score (nSPS) is 18.1. The molecular formula is C22H19F3N4O2. The van der Waals surface area contributed by atoms with E-state index in [1.165, 1.54) is 0 Å². The number of halogens is 3. The highest BCUT2D eigenvalue weighted by Crippen LogP contribution is 2.53. The van der Waals surface area contributed by atoms with Gasteiger partial charge in [-0.3, -0.25) is 19.7 Å². The number of fused-ring (bicyclic) bond motifs is 1. The molecule has 1 N–H and O–H groups in total. The van der Waals surface area contributed by atoms with Gasteiger partial charge in [0, 0.05) is 59.9 Å². The molecule has 0 unspecified atom stereocenters. The third-order valence-electron chi connectivity index (χ3n) is 6.36. The Morgan fingerprint density at radius 3 is 2.55 bits per heavy atom. The number of Topliss-reactive ketones (excluding diaryl/α,β-unsaturated/α-hetero) is 1. The first-order valence-corrected chi connectivity index (χ1v) is 9.99. The van der Waals surface area contributed by atoms with Gasteiger partial charge in [-0.25, -0.2) is 0 Å². The minimum absolute atomic E-state index is 0.0454. The van der Waals surface area contributed by atoms with Crippen molar-refractivity contribution in [3.8, 4) is 11.1 Å². The lowest BCUT2D eigenvalue weighted by Gasteiger charge is -2.58. The summed E-state index contributed by atoms with van der Waals surface area (Å²) in [7, 11) is 0. The predicted molar refractivity (Wildman–Crippen MR) is 106 cm³/mol. The molecule has 1 saturated heterocycles. The van der Waals surface area contributed by atoms with Crippen molar-refractivity contribution in [2.45, 2.75) is 25.4 Å². The molecule has 1 saturated carbocycles. The van der Waals surface area contributed by atoms with E-state index < -0.39 is 12.1 Å². The SMILES string of the molecule is O=C(Cc1cc2cc(-c3cn[nH]c3)ccc2cn1)C1CC2(C1)CN(C(=O)C(F)(F)F)C2. The van der Waals surface area contributed by atoms with Gasteiger partial charge in [0.25, 0.3) is 0 Å². The van der Waals surface area contributed by atoms with Crippen LogP contribution < -0.4 is 0 Å². The number of ketones is 1. The molecular weight excluding hydrogens is 409 g/mol. The molecule has 9 heteroatoms. The number of hydrogen-bond acceptors (Lipinski definition) is 4. The second-order valence-corrected chi connectivity index (χ2v) is 8.63. The number of aromatic amines is 1. The molecule has 1 aromatic carbocycles. The van der Waals surface area contributed by atoms with E-state index in [1.807, 2.05) is 30.5 Å². The Hall–Kier alpha value is -3.23. The van der Waals surface area contributed by atoms with Crippen LogP contribution in [0.25, 0.3) is 21.9 Å². The lowest BCUT2D eigenvalue weighted by molar-refractivity contribution is -0.203. The average Bonchev–Trinajstić information content (AvgIpc) is 3.19. The smallest absolute Gasteiger partial charge is 0.334 e. The lowest BCUT2D eigenvalue weighted by Crippen LogP contribution is -2.66. The molecule has 1 aliphatic carbocycles. The Morgan fingerprint density at radius 1 is 1.10 bits per heavy atom. The predicted octanol–water partition coefficient (Wildman–Crippen LogP) is 3.54. The summed E-state index contributed by atoms with van der Waals surface area (Å²) in [4.78, 5) is 29.2. The molecule has 2 fully saturated rings. The molecule has 2 aromatic heterocycles. The van der Waals surface area contributed by atoms with Gasteiger partial charge in [-0.15, -0.1) is 0 Å². The number of alkyl halides is 3. The van der Waals surface area contributed by atoms with Crippen molar-refractivity contribution < 1.29 is 22.8 Å². The number of likely N-dealkylation sites (tertiary alicyclic amines) is 1. The van der Waals surface area contributed by atoms with E-state index >= 15 is 0 Å². The van der Waals surface area contributed by atoms with E-state index in [4.69, 9.17) is 0 Å². The van der Waals surface area contributed by atoms with Gasteiger partial charge in [0.2, 0.25) is 0 Å². The quantitative estimate of drug-likeness (QED) is 0.690. The van der Waals surface area contributed by atoms with Crippen molar-refractivity contribution in [1.29, 1.82) is 0 Å². The van der Waals surface area contributed by atoms with Crippen molar-refractivity contribution in [2.24, 2.45) is 11.3 Å². The van der Waals surface area contributed by atoms with Crippen molar-refractivity contribution in [3.05, 3.63) is 48.5 Å². The molecule has 160 valence electrons. The van der Waals surface area contributed by atoms with Crippen LogP contribution in [0.1, 0.15) is 18.5 Å². The first-order chi connectivity index (χ1) is 14.7. The summed E-state index contributed by atoms with van der Waals surface area (Å²) < 4.78 is 37.5. The number of carbonyl (C=O) groups excluding carboxylic acids is 2. The summed E-state index contributed by atoms with van der Waals surface area (Å²) in [5.41, 5.74) is 2.32. The van der Waals surface area contributed by atoms with E-state index in [0.717, 1.165) is 26.8 Å². The Morgan fingerprint density at radius 2 is 1.87 bits per heavy atom. The number of amides is 1. The zero-order chi connectivity index (χ0) is 21.8. The molecule has 0 radical (unpaired) electrons. The Kier molecular flexibility index (Phi) is 4.39. The largest absolute Gasteiger partial charge is 0.471 e. The van der Waals surface area contributed by atoms with Crippen LogP contribution >= 0.6 is 0 Å². The summed E-state index contributed by atoms with van der Waals surface area (Å²) in [5.74, 6) is -1.93. The summed E-state index contributed by atoms with van der Waals surface area (Å²) in [6.07, 6.45) is 1.72. The van der Waals surface area contributed by atoms with Gasteiger partial charge in [-0.05, 0) is 35.9 Å². The first-order valence-electron chi connectivity index (χ1n) is 9.99. The number of nitrogens with zero attached hydrogens (tertiary/aromatic N) is 3. The van der Waals surface area contributed by atoms with Crippen LogP contribution in [0.15, 0.2) is 42.9 Å². The number of H-pyrrole nitrogens is 1. The van der Waals surface area contributed by atoms with Crippen LogP contribution in [-0.2, 0) is 16.0 Å². The highest BCUT2D eigenvalue weighted by Gasteiger charge is 2.58. The monoisotopic (exact) mass is 428 g/mol. The third kappa shape index (κ3) is 3.58. The van der Waals surface area contributed by atoms with E-state index in [0.29, 0.717) is 18.5 Å². The highest BCUT2D eigenvalue weighted by molar-refractivity contribution is 5.89. The second-order valence-electron chi connectivity index (χ2n) is 8.63. The van der Waals surface area contributed by atoms with Crippen molar-refractivity contribution in [3.63, 3.8) is 0 Å². The van der Waals surface area contributed by atoms with Crippen molar-refractivity contribution >= 4 is 22.5 Å². The molecule has 2 aliphatic rings. The summed E-state index contributed by atoms with van der Waals surface area (Å²) in [5, 5.41) is 8.69. The molecule has 31 heavy (non-hydrogen) atoms. The highest BCUT2D eigenvalue weighted by atomic mass is 19.4.